The van der Waals surface area contributed by atoms with E-state index in [9.17, 15) is 18.0 Å². The number of carbonyl (C=O) groups is 1. The van der Waals surface area contributed by atoms with Crippen LogP contribution in [0, 0.1) is 0 Å². The molecule has 2 aromatic rings. The van der Waals surface area contributed by atoms with Gasteiger partial charge in [-0.05, 0) is 26.7 Å². The van der Waals surface area contributed by atoms with Crippen molar-refractivity contribution < 1.29 is 22.7 Å². The first-order valence-electron chi connectivity index (χ1n) is 9.16. The molecule has 28 heavy (non-hydrogen) atoms. The number of aromatic nitrogens is 2. The van der Waals surface area contributed by atoms with Crippen molar-refractivity contribution in [1.29, 1.82) is 0 Å². The number of nitrogens with one attached hydrogen (secondary N) is 2. The van der Waals surface area contributed by atoms with E-state index >= 15 is 0 Å². The van der Waals surface area contributed by atoms with Crippen molar-refractivity contribution >= 4 is 28.3 Å². The molecule has 3 heterocycles. The van der Waals surface area contributed by atoms with Crippen LogP contribution >= 0.6 is 0 Å². The maximum atomic E-state index is 13.7. The van der Waals surface area contributed by atoms with Gasteiger partial charge in [-0.2, -0.15) is 13.2 Å². The van der Waals surface area contributed by atoms with E-state index in [1.165, 1.54) is 6.20 Å². The van der Waals surface area contributed by atoms with Crippen LogP contribution in [-0.2, 0) is 15.7 Å². The van der Waals surface area contributed by atoms with Gasteiger partial charge in [0.05, 0.1) is 28.4 Å². The number of fused-ring (bicyclic) bond motifs is 1. The summed E-state index contributed by atoms with van der Waals surface area (Å²) in [6, 6.07) is -0.213. The zero-order chi connectivity index (χ0) is 20.5. The SMILES string of the molecule is CC(C)OCC(=O)Nc1c[nH]c2ncc(C(F)(F)F)c(N3CCCC(N)C3)c12. The third-order valence-electron chi connectivity index (χ3n) is 4.58. The minimum absolute atomic E-state index is 0.00558. The first-order valence-corrected chi connectivity index (χ1v) is 9.16. The fourth-order valence-electron chi connectivity index (χ4n) is 3.36. The highest BCUT2D eigenvalue weighted by molar-refractivity contribution is 6.07. The van der Waals surface area contributed by atoms with Crippen molar-refractivity contribution in [3.63, 3.8) is 0 Å². The summed E-state index contributed by atoms with van der Waals surface area (Å²) in [4.78, 5) is 20.5. The van der Waals surface area contributed by atoms with Gasteiger partial charge in [0.25, 0.3) is 0 Å². The Bertz CT molecular complexity index is 850. The number of carbonyl (C=O) groups excluding carboxylic acids is 1. The summed E-state index contributed by atoms with van der Waals surface area (Å²) in [5.41, 5.74) is 5.65. The molecule has 2 aromatic heterocycles. The Balaban J connectivity index is 2.05. The number of H-pyrrole nitrogens is 1. The lowest BCUT2D eigenvalue weighted by atomic mass is 10.0. The van der Waals surface area contributed by atoms with Crippen LogP contribution in [0.15, 0.2) is 12.4 Å². The van der Waals surface area contributed by atoms with Crippen LogP contribution < -0.4 is 16.0 Å². The van der Waals surface area contributed by atoms with Crippen molar-refractivity contribution in [3.05, 3.63) is 18.0 Å². The predicted octanol–water partition coefficient (Wildman–Crippen LogP) is 2.87. The van der Waals surface area contributed by atoms with E-state index in [4.69, 9.17) is 10.5 Å². The van der Waals surface area contributed by atoms with E-state index in [1.54, 1.807) is 18.7 Å². The van der Waals surface area contributed by atoms with Crippen LogP contribution in [0.4, 0.5) is 24.5 Å². The Morgan fingerprint density at radius 3 is 2.89 bits per heavy atom. The Morgan fingerprint density at radius 1 is 1.50 bits per heavy atom. The Hall–Kier alpha value is -2.33. The summed E-state index contributed by atoms with van der Waals surface area (Å²) >= 11 is 0. The molecule has 0 aromatic carbocycles. The van der Waals surface area contributed by atoms with Crippen molar-refractivity contribution in [3.8, 4) is 0 Å². The van der Waals surface area contributed by atoms with Gasteiger partial charge in [-0.1, -0.05) is 0 Å². The molecule has 3 rings (SSSR count). The highest BCUT2D eigenvalue weighted by Gasteiger charge is 2.38. The van der Waals surface area contributed by atoms with Gasteiger partial charge in [0.1, 0.15) is 12.3 Å². The maximum absolute atomic E-state index is 13.7. The van der Waals surface area contributed by atoms with Crippen LogP contribution in [-0.4, -0.2) is 47.7 Å². The fraction of sp³-hybridized carbons (Fsp3) is 0.556. The van der Waals surface area contributed by atoms with Gasteiger partial charge in [0, 0.05) is 31.5 Å². The second kappa shape index (κ2) is 7.96. The lowest BCUT2D eigenvalue weighted by Crippen LogP contribution is -2.43. The number of halogens is 3. The van der Waals surface area contributed by atoms with Crippen LogP contribution in [0.25, 0.3) is 11.0 Å². The first-order chi connectivity index (χ1) is 13.2. The van der Waals surface area contributed by atoms with E-state index in [0.29, 0.717) is 19.5 Å². The topological polar surface area (TPSA) is 96.3 Å². The van der Waals surface area contributed by atoms with Crippen molar-refractivity contribution in [1.82, 2.24) is 9.97 Å². The fourth-order valence-corrected chi connectivity index (χ4v) is 3.36. The highest BCUT2D eigenvalue weighted by atomic mass is 19.4. The van der Waals surface area contributed by atoms with Crippen LogP contribution in [0.3, 0.4) is 0 Å². The molecule has 0 aliphatic carbocycles. The molecule has 0 saturated carbocycles. The quantitative estimate of drug-likeness (QED) is 0.719. The van der Waals surface area contributed by atoms with Crippen molar-refractivity contribution in [2.75, 3.05) is 29.9 Å². The molecule has 1 saturated heterocycles. The molecule has 1 aliphatic heterocycles. The van der Waals surface area contributed by atoms with E-state index < -0.39 is 17.6 Å². The summed E-state index contributed by atoms with van der Waals surface area (Å²) in [6.45, 7) is 4.13. The molecule has 1 aliphatic rings. The molecule has 0 radical (unpaired) electrons. The molecule has 1 amide bonds. The molecule has 0 bridgehead atoms. The standard InChI is InChI=1S/C18H24F3N5O2/c1-10(2)28-9-14(27)25-13-7-24-17-15(13)16(12(6-23-17)18(19,20)21)26-5-3-4-11(22)8-26/h6-7,10-11H,3-5,8-9,22H2,1-2H3,(H,23,24)(H,25,27). The smallest absolute Gasteiger partial charge is 0.369 e. The third-order valence-corrected chi connectivity index (χ3v) is 4.58. The molecule has 7 nitrogen and oxygen atoms in total. The minimum Gasteiger partial charge on any atom is -0.369 e. The molecular formula is C18H24F3N5O2. The normalized spacial score (nSPS) is 18.1. The van der Waals surface area contributed by atoms with Gasteiger partial charge in [-0.15, -0.1) is 0 Å². The molecule has 1 fully saturated rings. The van der Waals surface area contributed by atoms with Crippen LogP contribution in [0.2, 0.25) is 0 Å². The van der Waals surface area contributed by atoms with Crippen LogP contribution in [0.5, 0.6) is 0 Å². The zero-order valence-corrected chi connectivity index (χ0v) is 15.8. The Labute approximate surface area is 160 Å². The van der Waals surface area contributed by atoms with Gasteiger partial charge in [-0.25, -0.2) is 4.98 Å². The summed E-state index contributed by atoms with van der Waals surface area (Å²) < 4.78 is 46.4. The number of ether oxygens (including phenoxy) is 1. The second-order valence-electron chi connectivity index (χ2n) is 7.20. The molecule has 0 spiro atoms. The Kier molecular flexibility index (Phi) is 5.80. The van der Waals surface area contributed by atoms with Gasteiger partial charge in [-0.3, -0.25) is 4.79 Å². The van der Waals surface area contributed by atoms with Crippen molar-refractivity contribution in [2.45, 2.75) is 45.0 Å². The molecular weight excluding hydrogens is 375 g/mol. The number of nitrogens with zero attached hydrogens (tertiary/aromatic N) is 2. The maximum Gasteiger partial charge on any atom is 0.419 e. The summed E-state index contributed by atoms with van der Waals surface area (Å²) in [7, 11) is 0. The number of alkyl halides is 3. The van der Waals surface area contributed by atoms with Gasteiger partial charge in [0.15, 0.2) is 0 Å². The van der Waals surface area contributed by atoms with E-state index in [-0.39, 0.29) is 41.2 Å². The average Bonchev–Trinajstić information content (AvgIpc) is 3.01. The van der Waals surface area contributed by atoms with Gasteiger partial charge in [0.2, 0.25) is 5.91 Å². The molecule has 1 atom stereocenters. The monoisotopic (exact) mass is 399 g/mol. The number of amides is 1. The third kappa shape index (κ3) is 4.39. The zero-order valence-electron chi connectivity index (χ0n) is 15.8. The number of pyridine rings is 1. The largest absolute Gasteiger partial charge is 0.419 e. The lowest BCUT2D eigenvalue weighted by Gasteiger charge is -2.34. The predicted molar refractivity (Wildman–Crippen MR) is 100 cm³/mol. The van der Waals surface area contributed by atoms with Gasteiger partial charge < -0.3 is 25.7 Å². The van der Waals surface area contributed by atoms with E-state index in [2.05, 4.69) is 15.3 Å². The summed E-state index contributed by atoms with van der Waals surface area (Å²) in [5.74, 6) is -0.451. The summed E-state index contributed by atoms with van der Waals surface area (Å²) in [6.07, 6.45) is -1.01. The summed E-state index contributed by atoms with van der Waals surface area (Å²) in [5, 5.41) is 2.85. The Morgan fingerprint density at radius 2 is 2.25 bits per heavy atom. The molecule has 10 heteroatoms. The molecule has 4 N–H and O–H groups in total. The number of piperidine rings is 1. The number of rotatable bonds is 5. The van der Waals surface area contributed by atoms with E-state index in [1.807, 2.05) is 0 Å². The number of nitrogens with two attached hydrogens (primary N) is 1. The van der Waals surface area contributed by atoms with Crippen molar-refractivity contribution in [2.24, 2.45) is 5.73 Å². The highest BCUT2D eigenvalue weighted by Crippen LogP contribution is 2.43. The van der Waals surface area contributed by atoms with Gasteiger partial charge >= 0.3 is 6.18 Å². The molecule has 1 unspecified atom stereocenters. The van der Waals surface area contributed by atoms with E-state index in [0.717, 1.165) is 12.6 Å². The second-order valence-corrected chi connectivity index (χ2v) is 7.20. The number of hydrogen-bond acceptors (Lipinski definition) is 5. The molecule has 154 valence electrons. The minimum atomic E-state index is -4.59. The average molecular weight is 399 g/mol. The number of anilines is 2. The first kappa shape index (κ1) is 20.4. The number of hydrogen-bond donors (Lipinski definition) is 3. The van der Waals surface area contributed by atoms with Crippen LogP contribution in [0.1, 0.15) is 32.3 Å². The number of aromatic amines is 1. The lowest BCUT2D eigenvalue weighted by molar-refractivity contribution is -0.137.